The summed E-state index contributed by atoms with van der Waals surface area (Å²) in [7, 11) is -4.70. The number of aliphatic hydroxyl groups is 4. The van der Waals surface area contributed by atoms with Crippen molar-refractivity contribution in [3.63, 3.8) is 0 Å². The molecule has 0 aromatic heterocycles. The quantitative estimate of drug-likeness (QED) is 0.219. The van der Waals surface area contributed by atoms with Gasteiger partial charge in [0.25, 0.3) is 0 Å². The van der Waals surface area contributed by atoms with Gasteiger partial charge < -0.3 is 53.9 Å². The van der Waals surface area contributed by atoms with Crippen molar-refractivity contribution in [1.82, 2.24) is 0 Å². The number of phosphoric acid groups is 1. The largest absolute Gasteiger partial charge is 0.649 e. The molecule has 2 heterocycles. The van der Waals surface area contributed by atoms with Crippen molar-refractivity contribution < 1.29 is 57.6 Å². The van der Waals surface area contributed by atoms with Gasteiger partial charge in [-0.15, -0.1) is 0 Å². The molecule has 0 aliphatic carbocycles. The zero-order valence-electron chi connectivity index (χ0n) is 26.7. The van der Waals surface area contributed by atoms with Crippen LogP contribution >= 0.6 is 7.82 Å². The molecular weight excluding hydrogens is 621 g/mol. The minimum atomic E-state index is -4.70. The second-order valence-electron chi connectivity index (χ2n) is 12.9. The normalized spacial score (nSPS) is 32.7. The monoisotopic (exact) mass is 667 g/mol. The zero-order valence-corrected chi connectivity index (χ0v) is 27.6. The van der Waals surface area contributed by atoms with Crippen molar-refractivity contribution in [1.29, 1.82) is 0 Å². The van der Waals surface area contributed by atoms with E-state index >= 15 is 0 Å². The first-order valence-electron chi connectivity index (χ1n) is 15.4. The van der Waals surface area contributed by atoms with Crippen LogP contribution in [0.4, 0.5) is 0 Å². The van der Waals surface area contributed by atoms with Crippen LogP contribution in [0.15, 0.2) is 60.7 Å². The van der Waals surface area contributed by atoms with Gasteiger partial charge in [-0.3, -0.25) is 4.79 Å². The Bertz CT molecular complexity index is 1280. The predicted molar refractivity (Wildman–Crippen MR) is 165 cm³/mol. The van der Waals surface area contributed by atoms with Gasteiger partial charge in [-0.05, 0) is 43.0 Å². The number of para-hydroxylation sites is 2. The summed E-state index contributed by atoms with van der Waals surface area (Å²) in [6, 6.07) is 15.0. The first-order chi connectivity index (χ1) is 21.5. The topological polar surface area (TPSA) is 196 Å². The van der Waals surface area contributed by atoms with Crippen LogP contribution in [0, 0.1) is 11.3 Å². The minimum Gasteiger partial charge on any atom is -0.392 e. The number of nitrogens with two attached hydrogens (primary N) is 1. The van der Waals surface area contributed by atoms with Gasteiger partial charge in [0.05, 0.1) is 36.6 Å². The summed E-state index contributed by atoms with van der Waals surface area (Å²) in [5, 5.41) is 43.4. The van der Waals surface area contributed by atoms with Crippen molar-refractivity contribution >= 4 is 13.8 Å². The lowest BCUT2D eigenvalue weighted by Crippen LogP contribution is -2.62. The van der Waals surface area contributed by atoms with Crippen LogP contribution in [-0.4, -0.2) is 81.1 Å². The highest BCUT2D eigenvalue weighted by atomic mass is 31.2. The third-order valence-corrected chi connectivity index (χ3v) is 9.54. The molecular formula is C32H46NO12P. The average Bonchev–Trinajstić information content (AvgIpc) is 2.98. The average molecular weight is 668 g/mol. The molecule has 14 heteroatoms. The van der Waals surface area contributed by atoms with E-state index in [1.807, 2.05) is 20.8 Å². The predicted octanol–water partition coefficient (Wildman–Crippen LogP) is 3.28. The molecule has 256 valence electrons. The number of hydrogen-bond acceptors (Lipinski definition) is 13. The van der Waals surface area contributed by atoms with Crippen molar-refractivity contribution in [3.8, 4) is 11.5 Å². The number of carbonyl (C=O) groups excluding carboxylic acids is 1. The van der Waals surface area contributed by atoms with Gasteiger partial charge in [0.15, 0.2) is 12.1 Å². The molecule has 7 unspecified atom stereocenters. The molecule has 13 nitrogen and oxygen atoms in total. The fraction of sp³-hybridized carbons (Fsp3) is 0.594. The Balaban J connectivity index is 1.63. The van der Waals surface area contributed by atoms with Crippen molar-refractivity contribution in [2.45, 2.75) is 109 Å². The molecule has 2 saturated heterocycles. The molecule has 2 aliphatic heterocycles. The number of benzene rings is 2. The van der Waals surface area contributed by atoms with Crippen molar-refractivity contribution in [2.75, 3.05) is 0 Å². The fourth-order valence-electron chi connectivity index (χ4n) is 5.45. The van der Waals surface area contributed by atoms with E-state index in [2.05, 4.69) is 0 Å². The van der Waals surface area contributed by atoms with E-state index in [0.717, 1.165) is 0 Å². The number of phosphoric ester groups is 1. The molecule has 0 bridgehead atoms. The second-order valence-corrected chi connectivity index (χ2v) is 14.4. The Morgan fingerprint density at radius 2 is 1.57 bits per heavy atom. The van der Waals surface area contributed by atoms with Crippen LogP contribution in [0.3, 0.4) is 0 Å². The van der Waals surface area contributed by atoms with E-state index in [9.17, 15) is 29.8 Å². The number of ether oxygens (including phenoxy) is 3. The molecule has 2 fully saturated rings. The number of carbonyl (C=O) groups is 1. The molecule has 6 N–H and O–H groups in total. The van der Waals surface area contributed by atoms with E-state index in [0.29, 0.717) is 0 Å². The minimum absolute atomic E-state index is 0.0881. The summed E-state index contributed by atoms with van der Waals surface area (Å²) in [6.07, 6.45) is -8.36. The van der Waals surface area contributed by atoms with E-state index < -0.39 is 79.9 Å². The van der Waals surface area contributed by atoms with Gasteiger partial charge in [0.2, 0.25) is 0 Å². The van der Waals surface area contributed by atoms with Gasteiger partial charge in [-0.25, -0.2) is 0 Å². The van der Waals surface area contributed by atoms with Gasteiger partial charge in [0.1, 0.15) is 23.5 Å². The first-order valence-corrected chi connectivity index (χ1v) is 16.8. The lowest BCUT2D eigenvalue weighted by atomic mass is 9.79. The second kappa shape index (κ2) is 14.7. The Kier molecular flexibility index (Phi) is 11.6. The third kappa shape index (κ3) is 8.85. The van der Waals surface area contributed by atoms with Crippen LogP contribution in [0.25, 0.3) is 0 Å². The molecule has 0 spiro atoms. The highest BCUT2D eigenvalue weighted by Gasteiger charge is 2.53. The van der Waals surface area contributed by atoms with Gasteiger partial charge in [-0.2, -0.15) is 4.57 Å². The van der Waals surface area contributed by atoms with E-state index in [4.69, 9.17) is 33.5 Å². The van der Waals surface area contributed by atoms with Gasteiger partial charge in [-0.1, -0.05) is 64.1 Å². The third-order valence-electron chi connectivity index (χ3n) is 8.27. The smallest absolute Gasteiger partial charge is 0.392 e. The Morgan fingerprint density at radius 3 is 2.07 bits per heavy atom. The van der Waals surface area contributed by atoms with Gasteiger partial charge in [0, 0.05) is 12.8 Å². The number of aliphatic hydroxyl groups excluding tert-OH is 3. The Hall–Kier alpha value is -2.58. The van der Waals surface area contributed by atoms with Crippen LogP contribution in [-0.2, 0) is 28.1 Å². The maximum Gasteiger partial charge on any atom is 0.649 e. The van der Waals surface area contributed by atoms with Crippen LogP contribution in [0.2, 0.25) is 0 Å². The summed E-state index contributed by atoms with van der Waals surface area (Å²) >= 11 is 0. The summed E-state index contributed by atoms with van der Waals surface area (Å²) in [6.45, 7) is 8.80. The maximum absolute atomic E-state index is 14.0. The first kappa shape index (κ1) is 36.3. The molecule has 4 rings (SSSR count). The lowest BCUT2D eigenvalue weighted by Gasteiger charge is -2.47. The van der Waals surface area contributed by atoms with Crippen LogP contribution < -0.4 is 14.8 Å². The number of hydrogen-bond donors (Lipinski definition) is 5. The summed E-state index contributed by atoms with van der Waals surface area (Å²) in [5.41, 5.74) is 5.34. The molecule has 0 radical (unpaired) electrons. The molecule has 0 amide bonds. The molecule has 10 atom stereocenters. The van der Waals surface area contributed by atoms with Crippen molar-refractivity contribution in [3.05, 3.63) is 60.7 Å². The van der Waals surface area contributed by atoms with Crippen LogP contribution in [0.1, 0.15) is 53.9 Å². The lowest BCUT2D eigenvalue weighted by molar-refractivity contribution is -0.312. The molecule has 46 heavy (non-hydrogen) atoms. The van der Waals surface area contributed by atoms with E-state index in [-0.39, 0.29) is 30.8 Å². The summed E-state index contributed by atoms with van der Waals surface area (Å²) in [4.78, 5) is 13.9. The summed E-state index contributed by atoms with van der Waals surface area (Å²) in [5.74, 6) is -4.19. The fourth-order valence-corrected chi connectivity index (χ4v) is 6.67. The SMILES string of the molecule is CC[C@]1(O)CC(O)[C@@H](C(=O)OP(=O)(Oc2ccccc2)Oc2ccccc2)C(C[C@@H](OC2OC(C)C(O)C(N)C2O)C(C)(C)C)O1. The zero-order chi connectivity index (χ0) is 33.9. The molecule has 2 aliphatic rings. The molecule has 2 aromatic rings. The van der Waals surface area contributed by atoms with E-state index in [1.54, 1.807) is 50.2 Å². The Labute approximate surface area is 269 Å². The van der Waals surface area contributed by atoms with Crippen LogP contribution in [0.5, 0.6) is 11.5 Å². The van der Waals surface area contributed by atoms with Crippen molar-refractivity contribution in [2.24, 2.45) is 17.1 Å². The maximum atomic E-state index is 14.0. The standard InChI is InChI=1S/C32H46NO12P/c1-6-32(38)18-22(34)25(23(42-32)17-24(31(3,4)5)41-30-28(36)26(33)27(35)19(2)40-30)29(37)45-46(39,43-20-13-9-7-10-14-20)44-21-15-11-8-12-16-21/h7-16,19,22-28,30,34-36,38H,6,17-18,33H2,1-5H3/t19?,22?,23?,24-,25-,26?,27?,28?,30?,32-/m1/s1. The Morgan fingerprint density at radius 1 is 1.02 bits per heavy atom. The summed E-state index contributed by atoms with van der Waals surface area (Å²) < 4.78 is 48.7. The number of rotatable bonds is 11. The molecule has 0 saturated carbocycles. The highest BCUT2D eigenvalue weighted by molar-refractivity contribution is 7.50. The van der Waals surface area contributed by atoms with Gasteiger partial charge >= 0.3 is 13.8 Å². The van der Waals surface area contributed by atoms with E-state index in [1.165, 1.54) is 24.3 Å². The highest BCUT2D eigenvalue weighted by Crippen LogP contribution is 2.51. The molecule has 2 aromatic carbocycles.